The van der Waals surface area contributed by atoms with Gasteiger partial charge in [-0.1, -0.05) is 6.07 Å². The van der Waals surface area contributed by atoms with Crippen LogP contribution in [-0.2, 0) is 6.54 Å². The molecule has 3 rings (SSSR count). The average Bonchev–Trinajstić information content (AvgIpc) is 2.85. The number of halogens is 1. The minimum atomic E-state index is -0.744. The van der Waals surface area contributed by atoms with Gasteiger partial charge < -0.3 is 0 Å². The molecule has 2 fully saturated rings. The molecule has 6 heteroatoms. The highest BCUT2D eigenvalue weighted by Crippen LogP contribution is 2.24. The van der Waals surface area contributed by atoms with Crippen LogP contribution in [0.15, 0.2) is 18.2 Å². The van der Waals surface area contributed by atoms with Crippen molar-refractivity contribution >= 4 is 5.69 Å². The third-order valence-electron chi connectivity index (χ3n) is 4.29. The third kappa shape index (κ3) is 2.66. The van der Waals surface area contributed by atoms with Crippen LogP contribution in [0.5, 0.6) is 0 Å². The molecule has 0 aliphatic carbocycles. The fourth-order valence-electron chi connectivity index (χ4n) is 3.25. The van der Waals surface area contributed by atoms with Gasteiger partial charge in [0.25, 0.3) is 0 Å². The molecule has 0 aromatic heterocycles. The molecule has 5 nitrogen and oxygen atoms in total. The molecule has 2 aliphatic rings. The zero-order chi connectivity index (χ0) is 14.1. The first-order chi connectivity index (χ1) is 9.63. The van der Waals surface area contributed by atoms with Crippen LogP contribution in [0.1, 0.15) is 18.4 Å². The molecule has 20 heavy (non-hydrogen) atoms. The maximum Gasteiger partial charge on any atom is 0.304 e. The molecule has 1 aromatic carbocycles. The Morgan fingerprint density at radius 1 is 1.35 bits per heavy atom. The van der Waals surface area contributed by atoms with Gasteiger partial charge in [0, 0.05) is 38.3 Å². The maximum absolute atomic E-state index is 13.6. The number of fused-ring (bicyclic) bond motifs is 1. The number of nitro groups is 1. The highest BCUT2D eigenvalue weighted by atomic mass is 19.1. The Kier molecular flexibility index (Phi) is 3.67. The van der Waals surface area contributed by atoms with E-state index in [4.69, 9.17) is 0 Å². The summed E-state index contributed by atoms with van der Waals surface area (Å²) in [5.41, 5.74) is 0.355. The second-order valence-electron chi connectivity index (χ2n) is 5.61. The van der Waals surface area contributed by atoms with Gasteiger partial charge in [0.2, 0.25) is 5.82 Å². The lowest BCUT2D eigenvalue weighted by Gasteiger charge is -2.37. The minimum Gasteiger partial charge on any atom is -0.298 e. The van der Waals surface area contributed by atoms with Gasteiger partial charge in [-0.3, -0.25) is 19.9 Å². The number of benzene rings is 1. The van der Waals surface area contributed by atoms with Gasteiger partial charge in [-0.15, -0.1) is 0 Å². The highest BCUT2D eigenvalue weighted by molar-refractivity contribution is 5.35. The van der Waals surface area contributed by atoms with E-state index in [-0.39, 0.29) is 0 Å². The largest absolute Gasteiger partial charge is 0.304 e. The van der Waals surface area contributed by atoms with E-state index in [0.29, 0.717) is 12.6 Å². The quantitative estimate of drug-likeness (QED) is 0.627. The summed E-state index contributed by atoms with van der Waals surface area (Å²) in [6.07, 6.45) is 2.51. The van der Waals surface area contributed by atoms with Gasteiger partial charge in [-0.05, 0) is 31.0 Å². The molecule has 2 heterocycles. The zero-order valence-electron chi connectivity index (χ0n) is 11.3. The number of hydrogen-bond acceptors (Lipinski definition) is 4. The summed E-state index contributed by atoms with van der Waals surface area (Å²) in [6.45, 7) is 4.93. The molecule has 1 unspecified atom stereocenters. The molecule has 0 spiro atoms. The highest BCUT2D eigenvalue weighted by Gasteiger charge is 2.30. The van der Waals surface area contributed by atoms with Gasteiger partial charge in [-0.25, -0.2) is 0 Å². The topological polar surface area (TPSA) is 49.6 Å². The molecule has 1 aromatic rings. The van der Waals surface area contributed by atoms with E-state index < -0.39 is 16.4 Å². The molecular formula is C14H18FN3O2. The van der Waals surface area contributed by atoms with Crippen LogP contribution in [0.2, 0.25) is 0 Å². The molecule has 0 radical (unpaired) electrons. The smallest absolute Gasteiger partial charge is 0.298 e. The van der Waals surface area contributed by atoms with Gasteiger partial charge in [0.15, 0.2) is 0 Å². The molecule has 1 atom stereocenters. The van der Waals surface area contributed by atoms with E-state index in [1.54, 1.807) is 6.07 Å². The van der Waals surface area contributed by atoms with Gasteiger partial charge >= 0.3 is 5.69 Å². The number of nitro benzene ring substituents is 1. The standard InChI is InChI=1S/C14H18FN3O2/c15-13-8-11(3-4-14(13)18(19)20)9-16-6-7-17-5-1-2-12(17)10-16/h3-4,8,12H,1-2,5-7,9-10H2. The SMILES string of the molecule is O=[N+]([O-])c1ccc(CN2CCN3CCCC3C2)cc1F. The number of piperazine rings is 1. The van der Waals surface area contributed by atoms with Crippen molar-refractivity contribution < 1.29 is 9.31 Å². The van der Waals surface area contributed by atoms with E-state index in [0.717, 1.165) is 25.2 Å². The lowest BCUT2D eigenvalue weighted by Crippen LogP contribution is -2.49. The molecule has 2 saturated heterocycles. The first kappa shape index (κ1) is 13.5. The van der Waals surface area contributed by atoms with E-state index in [1.807, 2.05) is 0 Å². The molecule has 0 amide bonds. The number of rotatable bonds is 3. The van der Waals surface area contributed by atoms with Crippen LogP contribution in [0, 0.1) is 15.9 Å². The van der Waals surface area contributed by atoms with E-state index in [9.17, 15) is 14.5 Å². The van der Waals surface area contributed by atoms with Gasteiger partial charge in [0.1, 0.15) is 0 Å². The van der Waals surface area contributed by atoms with Crippen LogP contribution >= 0.6 is 0 Å². The summed E-state index contributed by atoms with van der Waals surface area (Å²) in [4.78, 5) is 14.7. The van der Waals surface area contributed by atoms with E-state index in [2.05, 4.69) is 9.80 Å². The fourth-order valence-corrected chi connectivity index (χ4v) is 3.25. The lowest BCUT2D eigenvalue weighted by molar-refractivity contribution is -0.387. The van der Waals surface area contributed by atoms with Crippen LogP contribution in [-0.4, -0.2) is 46.9 Å². The molecule has 0 saturated carbocycles. The van der Waals surface area contributed by atoms with Gasteiger partial charge in [0.05, 0.1) is 4.92 Å². The number of hydrogen-bond donors (Lipinski definition) is 0. The molecular weight excluding hydrogens is 261 g/mol. The summed E-state index contributed by atoms with van der Waals surface area (Å²) in [5.74, 6) is -0.744. The Labute approximate surface area is 117 Å². The second kappa shape index (κ2) is 5.46. The molecule has 0 N–H and O–H groups in total. The number of nitrogens with zero attached hydrogens (tertiary/aromatic N) is 3. The summed E-state index contributed by atoms with van der Waals surface area (Å²) < 4.78 is 13.6. The van der Waals surface area contributed by atoms with Crippen molar-refractivity contribution in [1.29, 1.82) is 0 Å². The monoisotopic (exact) mass is 279 g/mol. The predicted molar refractivity (Wildman–Crippen MR) is 72.9 cm³/mol. The first-order valence-corrected chi connectivity index (χ1v) is 7.03. The van der Waals surface area contributed by atoms with Crippen molar-refractivity contribution in [3.63, 3.8) is 0 Å². The van der Waals surface area contributed by atoms with Crippen LogP contribution in [0.25, 0.3) is 0 Å². The molecule has 108 valence electrons. The van der Waals surface area contributed by atoms with Crippen LogP contribution in [0.4, 0.5) is 10.1 Å². The predicted octanol–water partition coefficient (Wildman–Crippen LogP) is 2.01. The fraction of sp³-hybridized carbons (Fsp3) is 0.571. The Hall–Kier alpha value is -1.53. The van der Waals surface area contributed by atoms with Crippen molar-refractivity contribution in [1.82, 2.24) is 9.80 Å². The Balaban J connectivity index is 1.66. The maximum atomic E-state index is 13.6. The van der Waals surface area contributed by atoms with Crippen molar-refractivity contribution in [3.05, 3.63) is 39.7 Å². The van der Waals surface area contributed by atoms with Crippen molar-refractivity contribution in [2.45, 2.75) is 25.4 Å². The molecule has 0 bridgehead atoms. The van der Waals surface area contributed by atoms with Crippen molar-refractivity contribution in [2.24, 2.45) is 0 Å². The minimum absolute atomic E-state index is 0.450. The molecule has 2 aliphatic heterocycles. The zero-order valence-corrected chi connectivity index (χ0v) is 11.3. The Morgan fingerprint density at radius 3 is 2.95 bits per heavy atom. The summed E-state index contributed by atoms with van der Waals surface area (Å²) >= 11 is 0. The van der Waals surface area contributed by atoms with Crippen molar-refractivity contribution in [3.8, 4) is 0 Å². The van der Waals surface area contributed by atoms with Crippen LogP contribution in [0.3, 0.4) is 0 Å². The van der Waals surface area contributed by atoms with Crippen molar-refractivity contribution in [2.75, 3.05) is 26.2 Å². The van der Waals surface area contributed by atoms with Crippen LogP contribution < -0.4 is 0 Å². The summed E-state index contributed by atoms with van der Waals surface area (Å²) in [5, 5.41) is 10.6. The normalized spacial score (nSPS) is 23.8. The third-order valence-corrected chi connectivity index (χ3v) is 4.29. The first-order valence-electron chi connectivity index (χ1n) is 7.03. The summed E-state index contributed by atoms with van der Waals surface area (Å²) in [7, 11) is 0. The van der Waals surface area contributed by atoms with E-state index in [1.165, 1.54) is 31.5 Å². The Bertz CT molecular complexity index is 523. The van der Waals surface area contributed by atoms with Gasteiger partial charge in [-0.2, -0.15) is 4.39 Å². The average molecular weight is 279 g/mol. The van der Waals surface area contributed by atoms with E-state index >= 15 is 0 Å². The summed E-state index contributed by atoms with van der Waals surface area (Å²) in [6, 6.07) is 4.84. The Morgan fingerprint density at radius 2 is 2.20 bits per heavy atom. The second-order valence-corrected chi connectivity index (χ2v) is 5.61. The lowest BCUT2D eigenvalue weighted by atomic mass is 10.1.